The maximum Gasteiger partial charge on any atom is 0.387 e. The summed E-state index contributed by atoms with van der Waals surface area (Å²) in [5, 5.41) is 12.9. The summed E-state index contributed by atoms with van der Waals surface area (Å²) in [5.41, 5.74) is 0.827. The first-order valence-corrected chi connectivity index (χ1v) is 6.53. The first-order valence-electron chi connectivity index (χ1n) is 6.15. The Morgan fingerprint density at radius 1 is 1.40 bits per heavy atom. The number of nitrogens with one attached hydrogen (secondary N) is 1. The number of hydrogen-bond acceptors (Lipinski definition) is 4. The molecule has 0 saturated heterocycles. The predicted octanol–water partition coefficient (Wildman–Crippen LogP) is 1.95. The first-order chi connectivity index (χ1) is 9.38. The van der Waals surface area contributed by atoms with Gasteiger partial charge in [0.15, 0.2) is 0 Å². The van der Waals surface area contributed by atoms with Gasteiger partial charge >= 0.3 is 6.61 Å². The molecule has 1 aromatic rings. The van der Waals surface area contributed by atoms with Crippen LogP contribution in [0.2, 0.25) is 5.02 Å². The van der Waals surface area contributed by atoms with E-state index in [0.717, 1.165) is 5.56 Å². The minimum atomic E-state index is -2.89. The molecule has 0 aromatic heterocycles. The summed E-state index contributed by atoms with van der Waals surface area (Å²) in [5.74, 6) is -0.0435. The molecule has 1 unspecified atom stereocenters. The molecule has 0 saturated carbocycles. The van der Waals surface area contributed by atoms with E-state index in [1.807, 2.05) is 19.0 Å². The normalized spacial score (nSPS) is 13.0. The maximum absolute atomic E-state index is 12.1. The van der Waals surface area contributed by atoms with Crippen molar-refractivity contribution in [2.45, 2.75) is 19.3 Å². The van der Waals surface area contributed by atoms with Crippen LogP contribution in [0.4, 0.5) is 8.78 Å². The summed E-state index contributed by atoms with van der Waals surface area (Å²) in [6.45, 7) is -1.41. The number of ether oxygens (including phenoxy) is 1. The Bertz CT molecular complexity index is 419. The van der Waals surface area contributed by atoms with E-state index in [1.54, 1.807) is 12.1 Å². The third kappa shape index (κ3) is 6.47. The summed E-state index contributed by atoms with van der Waals surface area (Å²) in [6.07, 6.45) is -0.470. The summed E-state index contributed by atoms with van der Waals surface area (Å²) in [4.78, 5) is 1.89. The van der Waals surface area contributed by atoms with Gasteiger partial charge < -0.3 is 20.1 Å². The zero-order valence-corrected chi connectivity index (χ0v) is 12.2. The van der Waals surface area contributed by atoms with E-state index in [-0.39, 0.29) is 10.8 Å². The Morgan fingerprint density at radius 2 is 2.10 bits per heavy atom. The van der Waals surface area contributed by atoms with Crippen LogP contribution < -0.4 is 10.1 Å². The third-order valence-electron chi connectivity index (χ3n) is 2.50. The first kappa shape index (κ1) is 17.1. The molecule has 0 radical (unpaired) electrons. The van der Waals surface area contributed by atoms with Crippen LogP contribution in [0.15, 0.2) is 18.2 Å². The van der Waals surface area contributed by atoms with Gasteiger partial charge in [0.1, 0.15) is 5.75 Å². The third-order valence-corrected chi connectivity index (χ3v) is 2.79. The zero-order valence-electron chi connectivity index (χ0n) is 11.4. The van der Waals surface area contributed by atoms with Gasteiger partial charge in [0, 0.05) is 19.6 Å². The van der Waals surface area contributed by atoms with Gasteiger partial charge in [-0.2, -0.15) is 8.78 Å². The van der Waals surface area contributed by atoms with Crippen LogP contribution >= 0.6 is 11.6 Å². The molecule has 1 rings (SSSR count). The Hall–Kier alpha value is -0.950. The number of nitrogens with zero attached hydrogens (tertiary/aromatic N) is 1. The van der Waals surface area contributed by atoms with Gasteiger partial charge in [0.25, 0.3) is 0 Å². The standard InChI is InChI=1S/C13H19ClF2N2O2/c1-18(2)8-10(19)7-17-6-9-3-4-12(11(14)5-9)20-13(15)16/h3-5,10,13,17,19H,6-8H2,1-2H3. The van der Waals surface area contributed by atoms with E-state index in [1.165, 1.54) is 6.07 Å². The Kier molecular flexibility index (Phi) is 7.15. The number of aliphatic hydroxyl groups is 1. The number of aliphatic hydroxyl groups excluding tert-OH is 1. The van der Waals surface area contributed by atoms with Crippen molar-refractivity contribution in [1.82, 2.24) is 10.2 Å². The number of rotatable bonds is 8. The van der Waals surface area contributed by atoms with E-state index in [2.05, 4.69) is 10.1 Å². The summed E-state index contributed by atoms with van der Waals surface area (Å²) >= 11 is 5.84. The van der Waals surface area contributed by atoms with Gasteiger partial charge in [-0.05, 0) is 31.8 Å². The lowest BCUT2D eigenvalue weighted by molar-refractivity contribution is -0.0497. The van der Waals surface area contributed by atoms with E-state index in [0.29, 0.717) is 19.6 Å². The topological polar surface area (TPSA) is 44.7 Å². The molecule has 0 aliphatic carbocycles. The van der Waals surface area contributed by atoms with Gasteiger partial charge in [-0.25, -0.2) is 0 Å². The fraction of sp³-hybridized carbons (Fsp3) is 0.538. The van der Waals surface area contributed by atoms with Gasteiger partial charge in [0.2, 0.25) is 0 Å². The predicted molar refractivity (Wildman–Crippen MR) is 74.4 cm³/mol. The largest absolute Gasteiger partial charge is 0.433 e. The lowest BCUT2D eigenvalue weighted by Crippen LogP contribution is -2.34. The Balaban J connectivity index is 2.43. The van der Waals surface area contributed by atoms with Crippen LogP contribution in [0.25, 0.3) is 0 Å². The van der Waals surface area contributed by atoms with Crippen LogP contribution in [0.5, 0.6) is 5.75 Å². The van der Waals surface area contributed by atoms with Gasteiger partial charge in [-0.3, -0.25) is 0 Å². The smallest absolute Gasteiger partial charge is 0.387 e. The molecule has 0 spiro atoms. The summed E-state index contributed by atoms with van der Waals surface area (Å²) < 4.78 is 28.4. The van der Waals surface area contributed by atoms with Crippen LogP contribution in [-0.4, -0.2) is 49.9 Å². The van der Waals surface area contributed by atoms with Crippen molar-refractivity contribution in [2.75, 3.05) is 27.2 Å². The molecular weight excluding hydrogens is 290 g/mol. The van der Waals surface area contributed by atoms with Crippen molar-refractivity contribution in [3.8, 4) is 5.75 Å². The summed E-state index contributed by atoms with van der Waals surface area (Å²) in [7, 11) is 3.76. The number of hydrogen-bond donors (Lipinski definition) is 2. The average molecular weight is 309 g/mol. The molecule has 0 aliphatic rings. The highest BCUT2D eigenvalue weighted by Crippen LogP contribution is 2.26. The van der Waals surface area contributed by atoms with Crippen LogP contribution in [0.3, 0.4) is 0 Å². The number of likely N-dealkylation sites (N-methyl/N-ethyl adjacent to an activating group) is 1. The molecule has 0 aliphatic heterocycles. The number of benzene rings is 1. The minimum Gasteiger partial charge on any atom is -0.433 e. The molecule has 0 bridgehead atoms. The Morgan fingerprint density at radius 3 is 2.65 bits per heavy atom. The van der Waals surface area contributed by atoms with Crippen molar-refractivity contribution in [3.05, 3.63) is 28.8 Å². The molecule has 1 atom stereocenters. The molecule has 114 valence electrons. The van der Waals surface area contributed by atoms with E-state index >= 15 is 0 Å². The lowest BCUT2D eigenvalue weighted by Gasteiger charge is -2.16. The number of alkyl halides is 2. The van der Waals surface area contributed by atoms with Gasteiger partial charge in [-0.15, -0.1) is 0 Å². The van der Waals surface area contributed by atoms with Gasteiger partial charge in [0.05, 0.1) is 11.1 Å². The molecule has 1 aromatic carbocycles. The monoisotopic (exact) mass is 308 g/mol. The highest BCUT2D eigenvalue weighted by atomic mass is 35.5. The van der Waals surface area contributed by atoms with Crippen LogP contribution in [0, 0.1) is 0 Å². The average Bonchev–Trinajstić information content (AvgIpc) is 2.31. The fourth-order valence-electron chi connectivity index (χ4n) is 1.72. The van der Waals surface area contributed by atoms with Crippen LogP contribution in [0.1, 0.15) is 5.56 Å². The van der Waals surface area contributed by atoms with E-state index in [9.17, 15) is 13.9 Å². The highest BCUT2D eigenvalue weighted by Gasteiger charge is 2.09. The molecule has 7 heteroatoms. The molecule has 0 heterocycles. The molecule has 20 heavy (non-hydrogen) atoms. The second-order valence-electron chi connectivity index (χ2n) is 4.69. The van der Waals surface area contributed by atoms with Gasteiger partial charge in [-0.1, -0.05) is 17.7 Å². The van der Waals surface area contributed by atoms with Crippen molar-refractivity contribution < 1.29 is 18.6 Å². The van der Waals surface area contributed by atoms with Crippen molar-refractivity contribution in [1.29, 1.82) is 0 Å². The molecule has 4 nitrogen and oxygen atoms in total. The fourth-order valence-corrected chi connectivity index (χ4v) is 1.96. The number of halogens is 3. The second kappa shape index (κ2) is 8.36. The van der Waals surface area contributed by atoms with Crippen LogP contribution in [-0.2, 0) is 6.54 Å². The molecule has 0 amide bonds. The minimum absolute atomic E-state index is 0.0435. The SMILES string of the molecule is CN(C)CC(O)CNCc1ccc(OC(F)F)c(Cl)c1. The molecule has 2 N–H and O–H groups in total. The quantitative estimate of drug-likeness (QED) is 0.770. The maximum atomic E-state index is 12.1. The summed E-state index contributed by atoms with van der Waals surface area (Å²) in [6, 6.07) is 4.61. The van der Waals surface area contributed by atoms with Crippen molar-refractivity contribution in [3.63, 3.8) is 0 Å². The molecular formula is C13H19ClF2N2O2. The second-order valence-corrected chi connectivity index (χ2v) is 5.10. The zero-order chi connectivity index (χ0) is 15.1. The van der Waals surface area contributed by atoms with E-state index < -0.39 is 12.7 Å². The molecule has 0 fully saturated rings. The van der Waals surface area contributed by atoms with E-state index in [4.69, 9.17) is 11.6 Å². The van der Waals surface area contributed by atoms with Crippen molar-refractivity contribution in [2.24, 2.45) is 0 Å². The van der Waals surface area contributed by atoms with Crippen molar-refractivity contribution >= 4 is 11.6 Å². The highest BCUT2D eigenvalue weighted by molar-refractivity contribution is 6.32. The lowest BCUT2D eigenvalue weighted by atomic mass is 10.2. The Labute approximate surface area is 122 Å².